The van der Waals surface area contributed by atoms with Crippen LogP contribution in [-0.2, 0) is 4.79 Å². The summed E-state index contributed by atoms with van der Waals surface area (Å²) < 4.78 is 0. The molecular formula is C6H14N4OP2. The number of nitrogens with zero attached hydrogens (tertiary/aromatic N) is 1. The molecule has 1 rings (SSSR count). The van der Waals surface area contributed by atoms with Crippen LogP contribution in [0, 0.1) is 5.92 Å². The van der Waals surface area contributed by atoms with E-state index in [0.29, 0.717) is 12.5 Å². The highest BCUT2D eigenvalue weighted by atomic mass is 31.0. The molecule has 4 atom stereocenters. The van der Waals surface area contributed by atoms with Crippen LogP contribution in [0.25, 0.3) is 0 Å². The number of carbonyl (C=O) groups excluding carboxylic acids is 1. The van der Waals surface area contributed by atoms with Gasteiger partial charge in [0.05, 0.1) is 12.5 Å². The summed E-state index contributed by atoms with van der Waals surface area (Å²) in [5.41, 5.74) is 0. The second-order valence-electron chi connectivity index (χ2n) is 2.88. The Morgan fingerprint density at radius 3 is 2.62 bits per heavy atom. The number of aliphatic imine (C=N–C) groups is 1. The number of hydrogen-bond acceptors (Lipinski definition) is 2. The first kappa shape index (κ1) is 10.7. The van der Waals surface area contributed by atoms with E-state index in [1.807, 2.05) is 6.92 Å². The van der Waals surface area contributed by atoms with Gasteiger partial charge in [0.15, 0.2) is 5.96 Å². The van der Waals surface area contributed by atoms with E-state index in [1.165, 1.54) is 0 Å². The molecule has 0 aliphatic carbocycles. The third kappa shape index (κ3) is 2.52. The summed E-state index contributed by atoms with van der Waals surface area (Å²) in [5, 5.41) is 8.33. The van der Waals surface area contributed by atoms with Gasteiger partial charge in [-0.05, 0) is 25.7 Å². The fourth-order valence-electron chi connectivity index (χ4n) is 1.13. The van der Waals surface area contributed by atoms with Crippen LogP contribution in [0.3, 0.4) is 0 Å². The Morgan fingerprint density at radius 2 is 2.23 bits per heavy atom. The van der Waals surface area contributed by atoms with E-state index in [1.54, 1.807) is 0 Å². The number of rotatable bonds is 2. The molecule has 0 radical (unpaired) electrons. The Labute approximate surface area is 82.0 Å². The zero-order valence-electron chi connectivity index (χ0n) is 7.37. The minimum Gasteiger partial charge on any atom is -0.352 e. The van der Waals surface area contributed by atoms with Crippen LogP contribution in [0.2, 0.25) is 0 Å². The molecule has 1 fully saturated rings. The molecule has 0 aromatic carbocycles. The third-order valence-electron chi connectivity index (χ3n) is 2.03. The fourth-order valence-corrected chi connectivity index (χ4v) is 1.64. The van der Waals surface area contributed by atoms with Crippen molar-refractivity contribution in [2.24, 2.45) is 10.9 Å². The number of guanidine groups is 1. The molecule has 7 heteroatoms. The zero-order valence-corrected chi connectivity index (χ0v) is 9.68. The molecule has 13 heavy (non-hydrogen) atoms. The predicted octanol–water partition coefficient (Wildman–Crippen LogP) is -0.764. The summed E-state index contributed by atoms with van der Waals surface area (Å²) in [6.45, 7) is 2.49. The standard InChI is InChI=1S/C6H14N4OP2/c1-3-4(5(11)8-3)2-7-6(9-12)10-13/h3-4H,2,12-13H2,1H3,(H,8,11)(H2,7,9,10). The molecule has 1 saturated heterocycles. The van der Waals surface area contributed by atoms with Crippen molar-refractivity contribution in [1.29, 1.82) is 0 Å². The lowest BCUT2D eigenvalue weighted by Gasteiger charge is -2.32. The van der Waals surface area contributed by atoms with Crippen molar-refractivity contribution in [3.63, 3.8) is 0 Å². The van der Waals surface area contributed by atoms with Crippen molar-refractivity contribution in [2.75, 3.05) is 6.54 Å². The predicted molar refractivity (Wildman–Crippen MR) is 59.1 cm³/mol. The molecule has 1 amide bonds. The molecule has 0 saturated carbocycles. The van der Waals surface area contributed by atoms with Gasteiger partial charge in [-0.2, -0.15) is 0 Å². The molecule has 1 aliphatic heterocycles. The SMILES string of the molecule is CC1NC(=O)C1CN=C(NP)NP. The summed E-state index contributed by atoms with van der Waals surface area (Å²) in [7, 11) is 4.68. The number of nitrogens with one attached hydrogen (secondary N) is 3. The number of carbonyl (C=O) groups is 1. The third-order valence-corrected chi connectivity index (χ3v) is 2.58. The maximum atomic E-state index is 11.0. The normalized spacial score (nSPS) is 25.6. The summed E-state index contributed by atoms with van der Waals surface area (Å²) in [5.74, 6) is 0.747. The largest absolute Gasteiger partial charge is 0.352 e. The highest BCUT2D eigenvalue weighted by Gasteiger charge is 2.35. The summed E-state index contributed by atoms with van der Waals surface area (Å²) in [6, 6.07) is 0.242. The van der Waals surface area contributed by atoms with Crippen LogP contribution in [-0.4, -0.2) is 24.5 Å². The maximum Gasteiger partial charge on any atom is 0.227 e. The van der Waals surface area contributed by atoms with Crippen LogP contribution in [0.4, 0.5) is 0 Å². The summed E-state index contributed by atoms with van der Waals surface area (Å²) in [6.07, 6.45) is 0. The van der Waals surface area contributed by atoms with Crippen molar-refractivity contribution < 1.29 is 4.79 Å². The number of amides is 1. The first-order valence-electron chi connectivity index (χ1n) is 3.97. The monoisotopic (exact) mass is 220 g/mol. The lowest BCUT2D eigenvalue weighted by atomic mass is 9.92. The van der Waals surface area contributed by atoms with Gasteiger partial charge in [0.2, 0.25) is 5.91 Å². The lowest BCUT2D eigenvalue weighted by molar-refractivity contribution is -0.133. The van der Waals surface area contributed by atoms with Crippen molar-refractivity contribution in [1.82, 2.24) is 15.5 Å². The Balaban J connectivity index is 2.40. The summed E-state index contributed by atoms with van der Waals surface area (Å²) in [4.78, 5) is 15.2. The summed E-state index contributed by atoms with van der Waals surface area (Å²) >= 11 is 0. The van der Waals surface area contributed by atoms with Gasteiger partial charge >= 0.3 is 0 Å². The second-order valence-corrected chi connectivity index (χ2v) is 3.46. The molecule has 5 nitrogen and oxygen atoms in total. The van der Waals surface area contributed by atoms with Crippen LogP contribution in [0.1, 0.15) is 6.92 Å². The lowest BCUT2D eigenvalue weighted by Crippen LogP contribution is -2.57. The highest BCUT2D eigenvalue weighted by Crippen LogP contribution is 2.14. The van der Waals surface area contributed by atoms with Crippen molar-refractivity contribution >= 4 is 30.6 Å². The quantitative estimate of drug-likeness (QED) is 0.248. The Kier molecular flexibility index (Phi) is 3.89. The molecule has 3 N–H and O–H groups in total. The van der Waals surface area contributed by atoms with Crippen molar-refractivity contribution in [3.8, 4) is 0 Å². The fraction of sp³-hybridized carbons (Fsp3) is 0.667. The molecule has 0 bridgehead atoms. The van der Waals surface area contributed by atoms with E-state index < -0.39 is 0 Å². The van der Waals surface area contributed by atoms with Crippen LogP contribution >= 0.6 is 18.8 Å². The van der Waals surface area contributed by atoms with Crippen LogP contribution in [0.5, 0.6) is 0 Å². The minimum absolute atomic E-state index is 0.0201. The van der Waals surface area contributed by atoms with E-state index in [4.69, 9.17) is 0 Å². The molecule has 4 unspecified atom stereocenters. The van der Waals surface area contributed by atoms with Crippen molar-refractivity contribution in [3.05, 3.63) is 0 Å². The smallest absolute Gasteiger partial charge is 0.227 e. The first-order valence-corrected chi connectivity index (χ1v) is 5.12. The second kappa shape index (κ2) is 4.73. The van der Waals surface area contributed by atoms with E-state index >= 15 is 0 Å². The van der Waals surface area contributed by atoms with Gasteiger partial charge in [-0.25, -0.2) is 0 Å². The van der Waals surface area contributed by atoms with E-state index in [2.05, 4.69) is 39.3 Å². The van der Waals surface area contributed by atoms with Gasteiger partial charge in [0, 0.05) is 6.04 Å². The molecular weight excluding hydrogens is 206 g/mol. The van der Waals surface area contributed by atoms with Crippen LogP contribution < -0.4 is 15.5 Å². The van der Waals surface area contributed by atoms with Gasteiger partial charge in [0.25, 0.3) is 0 Å². The molecule has 1 heterocycles. The average molecular weight is 220 g/mol. The minimum atomic E-state index is 0.0201. The van der Waals surface area contributed by atoms with Crippen molar-refractivity contribution in [2.45, 2.75) is 13.0 Å². The number of hydrogen-bond donors (Lipinski definition) is 3. The molecule has 74 valence electrons. The van der Waals surface area contributed by atoms with E-state index in [-0.39, 0.29) is 17.9 Å². The molecule has 0 aromatic rings. The van der Waals surface area contributed by atoms with Gasteiger partial charge in [-0.1, -0.05) is 0 Å². The average Bonchev–Trinajstić information content (AvgIpc) is 2.12. The Hall–Kier alpha value is -0.400. The number of β-lactam (4-membered cyclic amide) rings is 1. The highest BCUT2D eigenvalue weighted by molar-refractivity contribution is 7.17. The Bertz CT molecular complexity index is 227. The van der Waals surface area contributed by atoms with Crippen LogP contribution in [0.15, 0.2) is 4.99 Å². The molecule has 1 aliphatic rings. The molecule has 0 spiro atoms. The van der Waals surface area contributed by atoms with Gasteiger partial charge < -0.3 is 15.5 Å². The zero-order chi connectivity index (χ0) is 9.84. The topological polar surface area (TPSA) is 65.5 Å². The van der Waals surface area contributed by atoms with Gasteiger partial charge in [-0.3, -0.25) is 9.79 Å². The van der Waals surface area contributed by atoms with Gasteiger partial charge in [0.1, 0.15) is 0 Å². The molecule has 0 aromatic heterocycles. The maximum absolute atomic E-state index is 11.0. The van der Waals surface area contributed by atoms with E-state index in [9.17, 15) is 4.79 Å². The first-order chi connectivity index (χ1) is 6.19. The van der Waals surface area contributed by atoms with E-state index in [0.717, 1.165) is 0 Å². The Morgan fingerprint density at radius 1 is 1.62 bits per heavy atom. The van der Waals surface area contributed by atoms with Gasteiger partial charge in [-0.15, -0.1) is 0 Å².